The van der Waals surface area contributed by atoms with Gasteiger partial charge >= 0.3 is 0 Å². The first kappa shape index (κ1) is 24.5. The van der Waals surface area contributed by atoms with E-state index in [9.17, 15) is 4.79 Å². The predicted octanol–water partition coefficient (Wildman–Crippen LogP) is 5.11. The molecule has 39 heavy (non-hydrogen) atoms. The Morgan fingerprint density at radius 1 is 1.08 bits per heavy atom. The van der Waals surface area contributed by atoms with Gasteiger partial charge in [-0.1, -0.05) is 6.08 Å². The highest BCUT2D eigenvalue weighted by atomic mass is 16.5. The van der Waals surface area contributed by atoms with Crippen LogP contribution in [0.2, 0.25) is 0 Å². The summed E-state index contributed by atoms with van der Waals surface area (Å²) in [4.78, 5) is 27.9. The quantitative estimate of drug-likeness (QED) is 0.285. The van der Waals surface area contributed by atoms with Crippen molar-refractivity contribution in [1.82, 2.24) is 29.5 Å². The number of rotatable bonds is 7. The van der Waals surface area contributed by atoms with Gasteiger partial charge in [-0.3, -0.25) is 9.69 Å². The molecule has 0 spiro atoms. The number of aryl methyl sites for hydroxylation is 1. The molecule has 1 unspecified atom stereocenters. The number of aromatic nitrogens is 5. The van der Waals surface area contributed by atoms with Crippen LogP contribution in [0, 0.1) is 6.92 Å². The molecular formula is C29H28N8O2. The lowest BCUT2D eigenvalue weighted by atomic mass is 10.1. The van der Waals surface area contributed by atoms with Crippen molar-refractivity contribution in [2.75, 3.05) is 24.2 Å². The number of imidazole rings is 1. The molecule has 2 aromatic carbocycles. The number of likely N-dealkylation sites (N-methyl/N-ethyl adjacent to an activating group) is 1. The molecule has 10 heteroatoms. The van der Waals surface area contributed by atoms with E-state index in [-0.39, 0.29) is 5.91 Å². The Kier molecular flexibility index (Phi) is 6.60. The maximum Gasteiger partial charge on any atom is 0.248 e. The van der Waals surface area contributed by atoms with Crippen molar-refractivity contribution in [3.63, 3.8) is 0 Å². The van der Waals surface area contributed by atoms with Gasteiger partial charge in [0.1, 0.15) is 17.9 Å². The Morgan fingerprint density at radius 3 is 2.82 bits per heavy atom. The SMILES string of the molecule is Cc1cc(Nc2ncnc3ccc(NC(=O)C=CC4CCCN4C)cc23)ccc1Oc1ccc2nccn2n1. The number of fused-ring (bicyclic) bond motifs is 2. The summed E-state index contributed by atoms with van der Waals surface area (Å²) in [6, 6.07) is 15.4. The number of hydrogen-bond acceptors (Lipinski definition) is 8. The number of hydrogen-bond donors (Lipinski definition) is 2. The van der Waals surface area contributed by atoms with Crippen LogP contribution in [0.4, 0.5) is 17.2 Å². The standard InChI is InChI=1S/C29H28N8O2/c1-19-16-20(6-9-25(19)39-28-12-10-26-30-13-15-37(26)35-28)34-29-23-17-21(5-8-24(23)31-18-32-29)33-27(38)11-7-22-4-3-14-36(22)2/h5-13,15-18,22H,3-4,14H2,1-2H3,(H,33,38)(H,31,32,34). The van der Waals surface area contributed by atoms with Crippen molar-refractivity contribution in [3.05, 3.63) is 85.0 Å². The number of benzene rings is 2. The first-order valence-corrected chi connectivity index (χ1v) is 12.8. The van der Waals surface area contributed by atoms with E-state index in [4.69, 9.17) is 4.74 Å². The van der Waals surface area contributed by atoms with Gasteiger partial charge in [-0.15, -0.1) is 5.10 Å². The van der Waals surface area contributed by atoms with Gasteiger partial charge < -0.3 is 15.4 Å². The van der Waals surface area contributed by atoms with Crippen molar-refractivity contribution in [2.45, 2.75) is 25.8 Å². The summed E-state index contributed by atoms with van der Waals surface area (Å²) in [7, 11) is 2.08. The van der Waals surface area contributed by atoms with Crippen LogP contribution in [0.3, 0.4) is 0 Å². The molecular weight excluding hydrogens is 492 g/mol. The minimum atomic E-state index is -0.158. The van der Waals surface area contributed by atoms with Crippen LogP contribution in [-0.4, -0.2) is 55.0 Å². The molecule has 6 rings (SSSR count). The third kappa shape index (κ3) is 5.41. The van der Waals surface area contributed by atoms with Crippen LogP contribution in [-0.2, 0) is 4.79 Å². The van der Waals surface area contributed by atoms with Crippen LogP contribution >= 0.6 is 0 Å². The van der Waals surface area contributed by atoms with E-state index < -0.39 is 0 Å². The van der Waals surface area contributed by atoms with Gasteiger partial charge in [0.25, 0.3) is 0 Å². The van der Waals surface area contributed by atoms with Crippen molar-refractivity contribution in [2.24, 2.45) is 0 Å². The van der Waals surface area contributed by atoms with Crippen LogP contribution < -0.4 is 15.4 Å². The number of ether oxygens (including phenoxy) is 1. The second kappa shape index (κ2) is 10.5. The number of carbonyl (C=O) groups is 1. The van der Waals surface area contributed by atoms with Crippen LogP contribution in [0.1, 0.15) is 18.4 Å². The molecule has 1 saturated heterocycles. The first-order valence-electron chi connectivity index (χ1n) is 12.8. The number of likely N-dealkylation sites (tertiary alicyclic amines) is 1. The zero-order valence-corrected chi connectivity index (χ0v) is 21.7. The summed E-state index contributed by atoms with van der Waals surface area (Å²) in [5.74, 6) is 1.65. The highest BCUT2D eigenvalue weighted by molar-refractivity contribution is 6.02. The van der Waals surface area contributed by atoms with E-state index in [2.05, 4.69) is 42.6 Å². The summed E-state index contributed by atoms with van der Waals surface area (Å²) in [6.45, 7) is 3.03. The van der Waals surface area contributed by atoms with E-state index in [0.717, 1.165) is 47.2 Å². The molecule has 5 aromatic rings. The van der Waals surface area contributed by atoms with E-state index in [1.54, 1.807) is 29.1 Å². The van der Waals surface area contributed by atoms with Gasteiger partial charge in [0.15, 0.2) is 5.65 Å². The van der Waals surface area contributed by atoms with E-state index in [1.807, 2.05) is 55.5 Å². The van der Waals surface area contributed by atoms with Crippen LogP contribution in [0.25, 0.3) is 16.6 Å². The fourth-order valence-electron chi connectivity index (χ4n) is 4.74. The fourth-order valence-corrected chi connectivity index (χ4v) is 4.74. The Bertz CT molecular complexity index is 1700. The van der Waals surface area contributed by atoms with Gasteiger partial charge in [-0.05, 0) is 81.4 Å². The Hall–Kier alpha value is -4.83. The Labute approximate surface area is 225 Å². The Balaban J connectivity index is 1.18. The second-order valence-electron chi connectivity index (χ2n) is 9.60. The highest BCUT2D eigenvalue weighted by Crippen LogP contribution is 2.30. The maximum atomic E-state index is 12.6. The van der Waals surface area contributed by atoms with Crippen molar-refractivity contribution in [3.8, 4) is 11.6 Å². The maximum absolute atomic E-state index is 12.6. The number of carbonyl (C=O) groups excluding carboxylic acids is 1. The minimum absolute atomic E-state index is 0.158. The van der Waals surface area contributed by atoms with Crippen LogP contribution in [0.5, 0.6) is 11.6 Å². The number of nitrogens with one attached hydrogen (secondary N) is 2. The molecule has 196 valence electrons. The third-order valence-corrected chi connectivity index (χ3v) is 6.83. The molecule has 0 radical (unpaired) electrons. The molecule has 1 atom stereocenters. The molecule has 4 heterocycles. The predicted molar refractivity (Wildman–Crippen MR) is 150 cm³/mol. The number of amides is 1. The highest BCUT2D eigenvalue weighted by Gasteiger charge is 2.18. The number of nitrogens with zero attached hydrogens (tertiary/aromatic N) is 6. The van der Waals surface area contributed by atoms with Gasteiger partial charge in [0, 0.05) is 47.3 Å². The lowest BCUT2D eigenvalue weighted by Crippen LogP contribution is -2.23. The zero-order chi connectivity index (χ0) is 26.8. The first-order chi connectivity index (χ1) is 19.0. The Morgan fingerprint density at radius 2 is 1.97 bits per heavy atom. The molecule has 3 aromatic heterocycles. The smallest absolute Gasteiger partial charge is 0.248 e. The monoisotopic (exact) mass is 520 g/mol. The van der Waals surface area contributed by atoms with E-state index >= 15 is 0 Å². The molecule has 1 aliphatic heterocycles. The lowest BCUT2D eigenvalue weighted by Gasteiger charge is -2.14. The molecule has 0 saturated carbocycles. The summed E-state index contributed by atoms with van der Waals surface area (Å²) >= 11 is 0. The van der Waals surface area contributed by atoms with Gasteiger partial charge in [-0.25, -0.2) is 19.5 Å². The zero-order valence-electron chi connectivity index (χ0n) is 21.7. The van der Waals surface area contributed by atoms with Crippen LogP contribution in [0.15, 0.2) is 79.4 Å². The molecule has 1 amide bonds. The topological polar surface area (TPSA) is 110 Å². The van der Waals surface area contributed by atoms with Crippen molar-refractivity contribution in [1.29, 1.82) is 0 Å². The molecule has 1 aliphatic rings. The summed E-state index contributed by atoms with van der Waals surface area (Å²) in [5.41, 5.74) is 3.98. The van der Waals surface area contributed by atoms with Gasteiger partial charge in [0.2, 0.25) is 11.8 Å². The summed E-state index contributed by atoms with van der Waals surface area (Å²) in [6.07, 6.45) is 10.8. The largest absolute Gasteiger partial charge is 0.437 e. The minimum Gasteiger partial charge on any atom is -0.437 e. The van der Waals surface area contributed by atoms with E-state index in [0.29, 0.717) is 29.2 Å². The van der Waals surface area contributed by atoms with Crippen molar-refractivity contribution >= 4 is 39.6 Å². The van der Waals surface area contributed by atoms with E-state index in [1.165, 1.54) is 6.33 Å². The molecule has 2 N–H and O–H groups in total. The number of anilines is 3. The molecule has 0 bridgehead atoms. The lowest BCUT2D eigenvalue weighted by molar-refractivity contribution is -0.111. The van der Waals surface area contributed by atoms with Gasteiger partial charge in [-0.2, -0.15) is 0 Å². The second-order valence-corrected chi connectivity index (χ2v) is 9.60. The molecule has 10 nitrogen and oxygen atoms in total. The average molecular weight is 521 g/mol. The average Bonchev–Trinajstić information content (AvgIpc) is 3.57. The summed E-state index contributed by atoms with van der Waals surface area (Å²) < 4.78 is 7.68. The summed E-state index contributed by atoms with van der Waals surface area (Å²) in [5, 5.41) is 11.6. The van der Waals surface area contributed by atoms with Gasteiger partial charge in [0.05, 0.1) is 5.52 Å². The normalized spacial score (nSPS) is 15.8. The molecule has 0 aliphatic carbocycles. The third-order valence-electron chi connectivity index (χ3n) is 6.83. The fraction of sp³-hybridized carbons (Fsp3) is 0.207. The van der Waals surface area contributed by atoms with Crippen molar-refractivity contribution < 1.29 is 9.53 Å². The molecule has 1 fully saturated rings.